The second kappa shape index (κ2) is 9.78. The number of benzene rings is 2. The minimum atomic E-state index is -0.660. The number of Topliss-reactive ketones (excluding diaryl/α,β-unsaturated/α-hetero) is 1. The molecule has 0 aliphatic carbocycles. The third-order valence-corrected chi connectivity index (χ3v) is 3.81. The number of ether oxygens (including phenoxy) is 4. The van der Waals surface area contributed by atoms with Crippen LogP contribution in [0.15, 0.2) is 42.5 Å². The molecule has 0 aliphatic rings. The standard InChI is InChI=1S/C22H25NO7/c1-22(2,3)30-21(26)23-16-9-6-14(7-10-16)20(25)29-13-17(24)15-8-11-18(27-4)19(12-15)28-5/h6-12H,13H2,1-5H3,(H,23,26). The lowest BCUT2D eigenvalue weighted by molar-refractivity contribution is 0.0474. The number of hydrogen-bond donors (Lipinski definition) is 1. The molecule has 8 heteroatoms. The van der Waals surface area contributed by atoms with Gasteiger partial charge >= 0.3 is 12.1 Å². The van der Waals surface area contributed by atoms with Crippen LogP contribution in [-0.2, 0) is 9.47 Å². The van der Waals surface area contributed by atoms with Crippen molar-refractivity contribution >= 4 is 23.5 Å². The first-order valence-corrected chi connectivity index (χ1v) is 9.15. The van der Waals surface area contributed by atoms with Gasteiger partial charge in [-0.05, 0) is 63.2 Å². The second-order valence-corrected chi connectivity index (χ2v) is 7.27. The molecule has 2 aromatic carbocycles. The van der Waals surface area contributed by atoms with Gasteiger partial charge in [-0.1, -0.05) is 0 Å². The topological polar surface area (TPSA) is 100 Å². The Bertz CT molecular complexity index is 914. The number of anilines is 1. The first-order valence-electron chi connectivity index (χ1n) is 9.15. The fraction of sp³-hybridized carbons (Fsp3) is 0.318. The summed E-state index contributed by atoms with van der Waals surface area (Å²) in [6, 6.07) is 10.7. The molecule has 0 spiro atoms. The number of hydrogen-bond acceptors (Lipinski definition) is 7. The fourth-order valence-corrected chi connectivity index (χ4v) is 2.42. The molecule has 0 saturated carbocycles. The number of carbonyl (C=O) groups is 3. The van der Waals surface area contributed by atoms with Crippen molar-refractivity contribution in [3.63, 3.8) is 0 Å². The van der Waals surface area contributed by atoms with Gasteiger partial charge in [-0.15, -0.1) is 0 Å². The lowest BCUT2D eigenvalue weighted by atomic mass is 10.1. The summed E-state index contributed by atoms with van der Waals surface area (Å²) in [5.41, 5.74) is 0.415. The normalized spacial score (nSPS) is 10.7. The van der Waals surface area contributed by atoms with Crippen molar-refractivity contribution in [3.8, 4) is 11.5 Å². The molecule has 0 aliphatic heterocycles. The lowest BCUT2D eigenvalue weighted by Crippen LogP contribution is -2.27. The van der Waals surface area contributed by atoms with Crippen LogP contribution in [-0.4, -0.2) is 44.3 Å². The molecule has 1 amide bonds. The fourth-order valence-electron chi connectivity index (χ4n) is 2.42. The van der Waals surface area contributed by atoms with Crippen molar-refractivity contribution in [2.75, 3.05) is 26.1 Å². The molecule has 0 bridgehead atoms. The van der Waals surface area contributed by atoms with Gasteiger partial charge in [0.05, 0.1) is 19.8 Å². The molecule has 8 nitrogen and oxygen atoms in total. The summed E-state index contributed by atoms with van der Waals surface area (Å²) in [6.45, 7) is 4.85. The number of esters is 1. The predicted molar refractivity (Wildman–Crippen MR) is 110 cm³/mol. The van der Waals surface area contributed by atoms with Gasteiger partial charge in [0.2, 0.25) is 0 Å². The highest BCUT2D eigenvalue weighted by Gasteiger charge is 2.17. The highest BCUT2D eigenvalue weighted by atomic mass is 16.6. The number of carbonyl (C=O) groups excluding carboxylic acids is 3. The molecule has 0 unspecified atom stereocenters. The Morgan fingerprint density at radius 3 is 2.03 bits per heavy atom. The number of rotatable bonds is 7. The Labute approximate surface area is 175 Å². The van der Waals surface area contributed by atoms with E-state index in [0.717, 1.165) is 0 Å². The van der Waals surface area contributed by atoms with Gasteiger partial charge in [-0.3, -0.25) is 10.1 Å². The summed E-state index contributed by atoms with van der Waals surface area (Å²) < 4.78 is 20.5. The van der Waals surface area contributed by atoms with Crippen LogP contribution < -0.4 is 14.8 Å². The van der Waals surface area contributed by atoms with E-state index in [2.05, 4.69) is 5.32 Å². The summed E-state index contributed by atoms with van der Waals surface area (Å²) in [6.07, 6.45) is -0.599. The average molecular weight is 415 g/mol. The van der Waals surface area contributed by atoms with Crippen LogP contribution in [0.2, 0.25) is 0 Å². The third kappa shape index (κ3) is 6.51. The maximum atomic E-state index is 12.3. The van der Waals surface area contributed by atoms with E-state index in [9.17, 15) is 14.4 Å². The highest BCUT2D eigenvalue weighted by Crippen LogP contribution is 2.27. The van der Waals surface area contributed by atoms with Crippen LogP contribution in [0.4, 0.5) is 10.5 Å². The van der Waals surface area contributed by atoms with E-state index in [0.29, 0.717) is 22.7 Å². The monoisotopic (exact) mass is 415 g/mol. The van der Waals surface area contributed by atoms with Gasteiger partial charge in [0, 0.05) is 11.3 Å². The molecule has 0 heterocycles. The summed E-state index contributed by atoms with van der Waals surface area (Å²) >= 11 is 0. The van der Waals surface area contributed by atoms with Crippen molar-refractivity contribution in [1.82, 2.24) is 0 Å². The molecule has 0 saturated heterocycles. The van der Waals surface area contributed by atoms with Crippen molar-refractivity contribution in [2.45, 2.75) is 26.4 Å². The minimum absolute atomic E-state index is 0.241. The van der Waals surface area contributed by atoms with Crippen molar-refractivity contribution < 1.29 is 33.3 Å². The largest absolute Gasteiger partial charge is 0.493 e. The van der Waals surface area contributed by atoms with Crippen LogP contribution >= 0.6 is 0 Å². The first kappa shape index (κ1) is 22.7. The molecule has 2 aromatic rings. The molecular formula is C22H25NO7. The summed E-state index contributed by atoms with van der Waals surface area (Å²) in [4.78, 5) is 36.3. The zero-order chi connectivity index (χ0) is 22.3. The molecule has 1 N–H and O–H groups in total. The molecule has 0 fully saturated rings. The van der Waals surface area contributed by atoms with E-state index in [1.165, 1.54) is 44.6 Å². The van der Waals surface area contributed by atoms with Gasteiger partial charge in [0.25, 0.3) is 0 Å². The Morgan fingerprint density at radius 2 is 1.47 bits per heavy atom. The highest BCUT2D eigenvalue weighted by molar-refractivity contribution is 6.00. The van der Waals surface area contributed by atoms with E-state index < -0.39 is 24.3 Å². The number of amides is 1. The van der Waals surface area contributed by atoms with Gasteiger partial charge < -0.3 is 18.9 Å². The zero-order valence-electron chi connectivity index (χ0n) is 17.6. The van der Waals surface area contributed by atoms with Gasteiger partial charge in [-0.2, -0.15) is 0 Å². The predicted octanol–water partition coefficient (Wildman–Crippen LogP) is 4.09. The summed E-state index contributed by atoms with van der Waals surface area (Å²) in [5, 5.41) is 2.57. The molecule has 30 heavy (non-hydrogen) atoms. The minimum Gasteiger partial charge on any atom is -0.493 e. The number of ketones is 1. The van der Waals surface area contributed by atoms with Crippen molar-refractivity contribution in [3.05, 3.63) is 53.6 Å². The third-order valence-electron chi connectivity index (χ3n) is 3.81. The van der Waals surface area contributed by atoms with Crippen molar-refractivity contribution in [2.24, 2.45) is 0 Å². The van der Waals surface area contributed by atoms with E-state index in [1.54, 1.807) is 32.9 Å². The summed E-state index contributed by atoms with van der Waals surface area (Å²) in [5.74, 6) is -0.144. The smallest absolute Gasteiger partial charge is 0.412 e. The Morgan fingerprint density at radius 1 is 0.867 bits per heavy atom. The quantitative estimate of drug-likeness (QED) is 0.537. The number of nitrogens with one attached hydrogen (secondary N) is 1. The Balaban J connectivity index is 1.93. The van der Waals surface area contributed by atoms with E-state index >= 15 is 0 Å². The maximum absolute atomic E-state index is 12.3. The van der Waals surface area contributed by atoms with Crippen LogP contribution in [0.25, 0.3) is 0 Å². The van der Waals surface area contributed by atoms with Gasteiger partial charge in [-0.25, -0.2) is 9.59 Å². The summed E-state index contributed by atoms with van der Waals surface area (Å²) in [7, 11) is 2.96. The van der Waals surface area contributed by atoms with Gasteiger partial charge in [0.1, 0.15) is 5.60 Å². The van der Waals surface area contributed by atoms with E-state index in [4.69, 9.17) is 18.9 Å². The van der Waals surface area contributed by atoms with Crippen molar-refractivity contribution in [1.29, 1.82) is 0 Å². The Hall–Kier alpha value is -3.55. The maximum Gasteiger partial charge on any atom is 0.412 e. The van der Waals surface area contributed by atoms with Crippen LogP contribution in [0.3, 0.4) is 0 Å². The lowest BCUT2D eigenvalue weighted by Gasteiger charge is -2.19. The van der Waals surface area contributed by atoms with Crippen LogP contribution in [0.1, 0.15) is 41.5 Å². The Kier molecular flexibility index (Phi) is 7.41. The molecular weight excluding hydrogens is 390 g/mol. The van der Waals surface area contributed by atoms with Crippen LogP contribution in [0, 0.1) is 0 Å². The second-order valence-electron chi connectivity index (χ2n) is 7.27. The molecule has 0 atom stereocenters. The molecule has 2 rings (SSSR count). The van der Waals surface area contributed by atoms with E-state index in [1.807, 2.05) is 0 Å². The van der Waals surface area contributed by atoms with Crippen LogP contribution in [0.5, 0.6) is 11.5 Å². The van der Waals surface area contributed by atoms with Gasteiger partial charge in [0.15, 0.2) is 23.9 Å². The SMILES string of the molecule is COc1ccc(C(=O)COC(=O)c2ccc(NC(=O)OC(C)(C)C)cc2)cc1OC. The molecule has 160 valence electrons. The van der Waals surface area contributed by atoms with E-state index in [-0.39, 0.29) is 11.3 Å². The zero-order valence-corrected chi connectivity index (χ0v) is 17.6. The molecule has 0 aromatic heterocycles. The average Bonchev–Trinajstić information content (AvgIpc) is 2.70. The molecule has 0 radical (unpaired) electrons. The first-order chi connectivity index (χ1) is 14.1. The number of methoxy groups -OCH3 is 2.